The summed E-state index contributed by atoms with van der Waals surface area (Å²) in [5, 5.41) is 0. The standard InChI is InChI=1S/C30H48/c1-4-6-7-8-12-21-30(29-17-15-26(16-18-29)24-25(3)5-2)22-19-28(20-23-30)27-13-10-9-11-14-27/h9-11,13-14,17,25-26,28H,4-8,12,15-16,18-24H2,1-3H3/t25?,26?,28-,30+. The first-order chi connectivity index (χ1) is 14.7. The molecule has 1 fully saturated rings. The van der Waals surface area contributed by atoms with Gasteiger partial charge in [0.15, 0.2) is 0 Å². The van der Waals surface area contributed by atoms with Crippen LogP contribution in [0.4, 0.5) is 0 Å². The van der Waals surface area contributed by atoms with Crippen molar-refractivity contribution >= 4 is 0 Å². The number of hydrogen-bond donors (Lipinski definition) is 0. The molecule has 0 amide bonds. The molecule has 1 aromatic carbocycles. The number of hydrogen-bond acceptors (Lipinski definition) is 0. The van der Waals surface area contributed by atoms with E-state index in [1.54, 1.807) is 5.56 Å². The molecular weight excluding hydrogens is 360 g/mol. The van der Waals surface area contributed by atoms with Crippen LogP contribution in [0.15, 0.2) is 42.0 Å². The van der Waals surface area contributed by atoms with Crippen molar-refractivity contribution in [2.45, 2.75) is 123 Å². The van der Waals surface area contributed by atoms with Gasteiger partial charge in [-0.3, -0.25) is 0 Å². The molecule has 0 heteroatoms. The minimum absolute atomic E-state index is 0.541. The van der Waals surface area contributed by atoms with E-state index in [2.05, 4.69) is 57.2 Å². The Labute approximate surface area is 187 Å². The lowest BCUT2D eigenvalue weighted by molar-refractivity contribution is 0.184. The second kappa shape index (κ2) is 12.1. The summed E-state index contributed by atoms with van der Waals surface area (Å²) in [5.41, 5.74) is 4.00. The van der Waals surface area contributed by atoms with Gasteiger partial charge in [0.05, 0.1) is 0 Å². The monoisotopic (exact) mass is 408 g/mol. The lowest BCUT2D eigenvalue weighted by Crippen LogP contribution is -2.31. The second-order valence-electron chi connectivity index (χ2n) is 10.7. The van der Waals surface area contributed by atoms with Crippen LogP contribution in [0.25, 0.3) is 0 Å². The summed E-state index contributed by atoms with van der Waals surface area (Å²) in [6.45, 7) is 7.13. The van der Waals surface area contributed by atoms with E-state index in [0.29, 0.717) is 5.41 Å². The van der Waals surface area contributed by atoms with Gasteiger partial charge in [-0.2, -0.15) is 0 Å². The van der Waals surface area contributed by atoms with E-state index in [-0.39, 0.29) is 0 Å². The molecule has 2 unspecified atom stereocenters. The summed E-state index contributed by atoms with van der Waals surface area (Å²) in [6.07, 6.45) is 24.0. The Bertz CT molecular complexity index is 617. The molecule has 0 aliphatic heterocycles. The third-order valence-electron chi connectivity index (χ3n) is 8.61. The molecule has 0 N–H and O–H groups in total. The molecule has 0 radical (unpaired) electrons. The third-order valence-corrected chi connectivity index (χ3v) is 8.61. The zero-order chi connectivity index (χ0) is 21.2. The van der Waals surface area contributed by atoms with Crippen molar-refractivity contribution in [2.75, 3.05) is 0 Å². The van der Waals surface area contributed by atoms with Crippen molar-refractivity contribution in [1.29, 1.82) is 0 Å². The lowest BCUT2D eigenvalue weighted by atomic mass is 9.60. The highest BCUT2D eigenvalue weighted by atomic mass is 14.4. The third kappa shape index (κ3) is 6.48. The van der Waals surface area contributed by atoms with Crippen LogP contribution in [0.3, 0.4) is 0 Å². The summed E-state index contributed by atoms with van der Waals surface area (Å²) in [7, 11) is 0. The molecule has 0 saturated heterocycles. The predicted octanol–water partition coefficient (Wildman–Crippen LogP) is 9.85. The summed E-state index contributed by atoms with van der Waals surface area (Å²) in [5.74, 6) is 2.64. The van der Waals surface area contributed by atoms with Gasteiger partial charge in [-0.1, -0.05) is 101 Å². The maximum Gasteiger partial charge on any atom is -0.00876 e. The largest absolute Gasteiger partial charge is 0.0845 e. The minimum atomic E-state index is 0.541. The van der Waals surface area contributed by atoms with Crippen LogP contribution < -0.4 is 0 Å². The van der Waals surface area contributed by atoms with Gasteiger partial charge in [0.2, 0.25) is 0 Å². The second-order valence-corrected chi connectivity index (χ2v) is 10.7. The van der Waals surface area contributed by atoms with Crippen LogP contribution in [-0.2, 0) is 0 Å². The average Bonchev–Trinajstić information content (AvgIpc) is 2.80. The predicted molar refractivity (Wildman–Crippen MR) is 133 cm³/mol. The topological polar surface area (TPSA) is 0 Å². The van der Waals surface area contributed by atoms with Crippen LogP contribution in [0.2, 0.25) is 0 Å². The highest BCUT2D eigenvalue weighted by Gasteiger charge is 2.39. The molecule has 1 aromatic rings. The number of unbranched alkanes of at least 4 members (excludes halogenated alkanes) is 4. The van der Waals surface area contributed by atoms with Crippen LogP contribution in [-0.4, -0.2) is 0 Å². The van der Waals surface area contributed by atoms with Crippen molar-refractivity contribution in [1.82, 2.24) is 0 Å². The maximum absolute atomic E-state index is 2.74. The Morgan fingerprint density at radius 1 is 0.933 bits per heavy atom. The molecule has 3 rings (SSSR count). The van der Waals surface area contributed by atoms with Gasteiger partial charge in [-0.05, 0) is 86.5 Å². The van der Waals surface area contributed by atoms with Crippen molar-refractivity contribution in [3.05, 3.63) is 47.5 Å². The van der Waals surface area contributed by atoms with E-state index in [9.17, 15) is 0 Å². The first kappa shape index (κ1) is 23.6. The van der Waals surface area contributed by atoms with Gasteiger partial charge in [-0.15, -0.1) is 0 Å². The zero-order valence-corrected chi connectivity index (χ0v) is 20.3. The fourth-order valence-corrected chi connectivity index (χ4v) is 6.35. The van der Waals surface area contributed by atoms with Crippen LogP contribution in [0, 0.1) is 17.3 Å². The van der Waals surface area contributed by atoms with Gasteiger partial charge >= 0.3 is 0 Å². The van der Waals surface area contributed by atoms with Crippen LogP contribution in [0.1, 0.15) is 129 Å². The minimum Gasteiger partial charge on any atom is -0.0845 e. The Morgan fingerprint density at radius 2 is 1.67 bits per heavy atom. The van der Waals surface area contributed by atoms with Gasteiger partial charge in [-0.25, -0.2) is 0 Å². The van der Waals surface area contributed by atoms with Gasteiger partial charge in [0, 0.05) is 0 Å². The first-order valence-electron chi connectivity index (χ1n) is 13.4. The Hall–Kier alpha value is -1.04. The Kier molecular flexibility index (Phi) is 9.54. The molecule has 0 spiro atoms. The molecule has 0 aromatic heterocycles. The van der Waals surface area contributed by atoms with Crippen LogP contribution >= 0.6 is 0 Å². The van der Waals surface area contributed by atoms with E-state index in [4.69, 9.17) is 0 Å². The molecule has 0 bridgehead atoms. The van der Waals surface area contributed by atoms with Crippen LogP contribution in [0.5, 0.6) is 0 Å². The fourth-order valence-electron chi connectivity index (χ4n) is 6.35. The smallest absolute Gasteiger partial charge is 0.00876 e. The van der Waals surface area contributed by atoms with Crippen molar-refractivity contribution in [3.8, 4) is 0 Å². The van der Waals surface area contributed by atoms with E-state index in [1.165, 1.54) is 96.3 Å². The van der Waals surface area contributed by atoms with Gasteiger partial charge < -0.3 is 0 Å². The number of allylic oxidation sites excluding steroid dienone is 2. The van der Waals surface area contributed by atoms with Crippen molar-refractivity contribution < 1.29 is 0 Å². The molecule has 168 valence electrons. The highest BCUT2D eigenvalue weighted by Crippen LogP contribution is 2.53. The Morgan fingerprint density at radius 3 is 2.30 bits per heavy atom. The fraction of sp³-hybridized carbons (Fsp3) is 0.733. The molecule has 0 nitrogen and oxygen atoms in total. The molecule has 2 aliphatic rings. The van der Waals surface area contributed by atoms with Gasteiger partial charge in [0.1, 0.15) is 0 Å². The molecule has 30 heavy (non-hydrogen) atoms. The SMILES string of the molecule is CCCCCCC[C@]1(C2=CCC(CC(C)CC)CC2)CC[C@@H](c2ccccc2)CC1. The van der Waals surface area contributed by atoms with Gasteiger partial charge in [0.25, 0.3) is 0 Å². The summed E-state index contributed by atoms with van der Waals surface area (Å²) in [6, 6.07) is 11.3. The first-order valence-corrected chi connectivity index (χ1v) is 13.4. The molecule has 2 aliphatic carbocycles. The van der Waals surface area contributed by atoms with Crippen molar-refractivity contribution in [3.63, 3.8) is 0 Å². The maximum atomic E-state index is 2.74. The zero-order valence-electron chi connectivity index (χ0n) is 20.3. The van der Waals surface area contributed by atoms with E-state index in [0.717, 1.165) is 17.8 Å². The van der Waals surface area contributed by atoms with E-state index in [1.807, 2.05) is 5.57 Å². The quantitative estimate of drug-likeness (QED) is 0.252. The lowest BCUT2D eigenvalue weighted by Gasteiger charge is -2.44. The van der Waals surface area contributed by atoms with E-state index >= 15 is 0 Å². The normalized spacial score (nSPS) is 28.2. The number of rotatable bonds is 11. The number of benzene rings is 1. The highest BCUT2D eigenvalue weighted by molar-refractivity contribution is 5.24. The summed E-state index contributed by atoms with van der Waals surface area (Å²) in [4.78, 5) is 0. The molecule has 1 saturated carbocycles. The average molecular weight is 409 g/mol. The molecule has 0 heterocycles. The van der Waals surface area contributed by atoms with Crippen molar-refractivity contribution in [2.24, 2.45) is 17.3 Å². The Balaban J connectivity index is 1.64. The summed E-state index contributed by atoms with van der Waals surface area (Å²) >= 11 is 0. The van der Waals surface area contributed by atoms with E-state index < -0.39 is 0 Å². The molecular formula is C30H48. The molecule has 2 atom stereocenters. The summed E-state index contributed by atoms with van der Waals surface area (Å²) < 4.78 is 0.